The van der Waals surface area contributed by atoms with Gasteiger partial charge in [-0.1, -0.05) is 12.1 Å². The first kappa shape index (κ1) is 18.7. The Morgan fingerprint density at radius 3 is 2.48 bits per heavy atom. The molecule has 0 fully saturated rings. The van der Waals surface area contributed by atoms with Gasteiger partial charge in [-0.15, -0.1) is 11.8 Å². The van der Waals surface area contributed by atoms with Gasteiger partial charge in [0.1, 0.15) is 0 Å². The van der Waals surface area contributed by atoms with Gasteiger partial charge in [-0.05, 0) is 25.3 Å². The predicted molar refractivity (Wildman–Crippen MR) is 97.3 cm³/mol. The number of hydrogen-bond acceptors (Lipinski definition) is 5. The van der Waals surface area contributed by atoms with Crippen molar-refractivity contribution in [1.29, 1.82) is 0 Å². The highest BCUT2D eigenvalue weighted by atomic mass is 32.2. The average Bonchev–Trinajstić information content (AvgIpc) is 2.61. The summed E-state index contributed by atoms with van der Waals surface area (Å²) in [7, 11) is 1.43. The molecule has 132 valence electrons. The summed E-state index contributed by atoms with van der Waals surface area (Å²) >= 11 is 1.44. The first-order chi connectivity index (χ1) is 12.0. The van der Waals surface area contributed by atoms with Gasteiger partial charge in [0.05, 0.1) is 30.5 Å². The van der Waals surface area contributed by atoms with Crippen molar-refractivity contribution in [2.24, 2.45) is 0 Å². The number of carbonyl (C=O) groups is 2. The van der Waals surface area contributed by atoms with Gasteiger partial charge in [-0.2, -0.15) is 0 Å². The summed E-state index contributed by atoms with van der Waals surface area (Å²) in [6.45, 7) is 2.18. The van der Waals surface area contributed by atoms with Gasteiger partial charge in [-0.3, -0.25) is 4.79 Å². The number of benzene rings is 2. The van der Waals surface area contributed by atoms with Gasteiger partial charge in [0.25, 0.3) is 5.91 Å². The molecule has 0 unspecified atom stereocenters. The Kier molecular flexibility index (Phi) is 6.30. The SMILES string of the molecule is CCOc1cc(NC(=O)c2ccccc2SC)c(C(=O)O)cc1OC. The van der Waals surface area contributed by atoms with Gasteiger partial charge in [0, 0.05) is 17.0 Å². The number of thioether (sulfide) groups is 1. The Balaban J connectivity index is 2.44. The van der Waals surface area contributed by atoms with Crippen LogP contribution in [0.2, 0.25) is 0 Å². The smallest absolute Gasteiger partial charge is 0.337 e. The number of aromatic carboxylic acids is 1. The van der Waals surface area contributed by atoms with Crippen LogP contribution in [0.15, 0.2) is 41.3 Å². The van der Waals surface area contributed by atoms with Crippen LogP contribution >= 0.6 is 11.8 Å². The second-order valence-corrected chi connectivity index (χ2v) is 5.79. The summed E-state index contributed by atoms with van der Waals surface area (Å²) in [4.78, 5) is 25.0. The van der Waals surface area contributed by atoms with Crippen LogP contribution in [-0.2, 0) is 0 Å². The fraction of sp³-hybridized carbons (Fsp3) is 0.222. The third-order valence-electron chi connectivity index (χ3n) is 3.43. The maximum Gasteiger partial charge on any atom is 0.337 e. The number of amides is 1. The van der Waals surface area contributed by atoms with E-state index in [2.05, 4.69) is 5.32 Å². The van der Waals surface area contributed by atoms with E-state index in [1.165, 1.54) is 31.0 Å². The Morgan fingerprint density at radius 1 is 1.16 bits per heavy atom. The quantitative estimate of drug-likeness (QED) is 0.730. The van der Waals surface area contributed by atoms with Crippen molar-refractivity contribution in [1.82, 2.24) is 0 Å². The number of carboxylic acids is 1. The van der Waals surface area contributed by atoms with Crippen LogP contribution in [0, 0.1) is 0 Å². The summed E-state index contributed by atoms with van der Waals surface area (Å²) in [6, 6.07) is 9.92. The standard InChI is InChI=1S/C18H19NO5S/c1-4-24-15-10-13(12(18(21)22)9-14(15)23-2)19-17(20)11-7-5-6-8-16(11)25-3/h5-10H,4H2,1-3H3,(H,19,20)(H,21,22). The molecule has 0 saturated carbocycles. The molecule has 2 aromatic rings. The van der Waals surface area contributed by atoms with Crippen LogP contribution in [0.1, 0.15) is 27.6 Å². The molecule has 0 saturated heterocycles. The van der Waals surface area contributed by atoms with Gasteiger partial charge in [-0.25, -0.2) is 4.79 Å². The van der Waals surface area contributed by atoms with Crippen LogP contribution < -0.4 is 14.8 Å². The van der Waals surface area contributed by atoms with E-state index in [9.17, 15) is 14.7 Å². The predicted octanol–water partition coefficient (Wildman–Crippen LogP) is 3.77. The van der Waals surface area contributed by atoms with E-state index in [1.54, 1.807) is 19.1 Å². The molecule has 2 aromatic carbocycles. The molecule has 0 aliphatic rings. The van der Waals surface area contributed by atoms with Crippen molar-refractivity contribution in [3.8, 4) is 11.5 Å². The fourth-order valence-corrected chi connectivity index (χ4v) is 2.89. The number of nitrogens with one attached hydrogen (secondary N) is 1. The van der Waals surface area contributed by atoms with Crippen LogP contribution in [-0.4, -0.2) is 37.0 Å². The van der Waals surface area contributed by atoms with E-state index in [4.69, 9.17) is 9.47 Å². The van der Waals surface area contributed by atoms with E-state index >= 15 is 0 Å². The molecule has 2 rings (SSSR count). The average molecular weight is 361 g/mol. The summed E-state index contributed by atoms with van der Waals surface area (Å²) in [6.07, 6.45) is 1.87. The monoisotopic (exact) mass is 361 g/mol. The summed E-state index contributed by atoms with van der Waals surface area (Å²) in [5.74, 6) is -0.903. The Labute approximate surface area is 150 Å². The van der Waals surface area contributed by atoms with E-state index in [0.29, 0.717) is 23.7 Å². The molecule has 0 aliphatic carbocycles. The Hall–Kier alpha value is -2.67. The molecule has 2 N–H and O–H groups in total. The zero-order chi connectivity index (χ0) is 18.4. The second-order valence-electron chi connectivity index (χ2n) is 4.94. The third-order valence-corrected chi connectivity index (χ3v) is 4.23. The van der Waals surface area contributed by atoms with Crippen molar-refractivity contribution in [2.75, 3.05) is 25.3 Å². The number of anilines is 1. The lowest BCUT2D eigenvalue weighted by atomic mass is 10.1. The molecule has 0 heterocycles. The molecule has 1 amide bonds. The lowest BCUT2D eigenvalue weighted by molar-refractivity contribution is 0.0697. The summed E-state index contributed by atoms with van der Waals surface area (Å²) < 4.78 is 10.6. The molecule has 25 heavy (non-hydrogen) atoms. The normalized spacial score (nSPS) is 10.2. The highest BCUT2D eigenvalue weighted by molar-refractivity contribution is 7.98. The van der Waals surface area contributed by atoms with Crippen molar-refractivity contribution in [3.05, 3.63) is 47.5 Å². The molecular formula is C18H19NO5S. The first-order valence-corrected chi connectivity index (χ1v) is 8.76. The van der Waals surface area contributed by atoms with E-state index in [1.807, 2.05) is 18.4 Å². The van der Waals surface area contributed by atoms with Crippen LogP contribution in [0.5, 0.6) is 11.5 Å². The van der Waals surface area contributed by atoms with Crippen molar-refractivity contribution >= 4 is 29.3 Å². The lowest BCUT2D eigenvalue weighted by Crippen LogP contribution is -2.16. The molecule has 0 aliphatic heterocycles. The highest BCUT2D eigenvalue weighted by Gasteiger charge is 2.19. The van der Waals surface area contributed by atoms with Gasteiger partial charge in [0.15, 0.2) is 11.5 Å². The van der Waals surface area contributed by atoms with Crippen LogP contribution in [0.4, 0.5) is 5.69 Å². The van der Waals surface area contributed by atoms with Crippen LogP contribution in [0.3, 0.4) is 0 Å². The topological polar surface area (TPSA) is 84.9 Å². The number of carbonyl (C=O) groups excluding carboxylic acids is 1. The van der Waals surface area contributed by atoms with Crippen molar-refractivity contribution in [3.63, 3.8) is 0 Å². The van der Waals surface area contributed by atoms with Gasteiger partial charge >= 0.3 is 5.97 Å². The molecular weight excluding hydrogens is 342 g/mol. The van der Waals surface area contributed by atoms with E-state index in [-0.39, 0.29) is 17.2 Å². The zero-order valence-electron chi connectivity index (χ0n) is 14.2. The molecule has 0 radical (unpaired) electrons. The van der Waals surface area contributed by atoms with Crippen LogP contribution in [0.25, 0.3) is 0 Å². The highest BCUT2D eigenvalue weighted by Crippen LogP contribution is 2.34. The number of carboxylic acid groups (broad SMARTS) is 1. The van der Waals surface area contributed by atoms with Gasteiger partial charge < -0.3 is 19.9 Å². The largest absolute Gasteiger partial charge is 0.493 e. The zero-order valence-corrected chi connectivity index (χ0v) is 15.0. The number of ether oxygens (including phenoxy) is 2. The number of hydrogen-bond donors (Lipinski definition) is 2. The third kappa shape index (κ3) is 4.24. The lowest BCUT2D eigenvalue weighted by Gasteiger charge is -2.15. The Morgan fingerprint density at radius 2 is 1.88 bits per heavy atom. The molecule has 0 spiro atoms. The minimum absolute atomic E-state index is 0.0738. The fourth-order valence-electron chi connectivity index (χ4n) is 2.29. The van der Waals surface area contributed by atoms with Crippen molar-refractivity contribution < 1.29 is 24.2 Å². The second kappa shape index (κ2) is 8.43. The van der Waals surface area contributed by atoms with Crippen molar-refractivity contribution in [2.45, 2.75) is 11.8 Å². The van der Waals surface area contributed by atoms with E-state index < -0.39 is 5.97 Å². The summed E-state index contributed by atoms with van der Waals surface area (Å²) in [5.41, 5.74) is 0.549. The van der Waals surface area contributed by atoms with E-state index in [0.717, 1.165) is 4.90 Å². The maximum absolute atomic E-state index is 12.6. The first-order valence-electron chi connectivity index (χ1n) is 7.54. The minimum atomic E-state index is -1.17. The maximum atomic E-state index is 12.6. The summed E-state index contributed by atoms with van der Waals surface area (Å²) in [5, 5.41) is 12.1. The molecule has 0 atom stereocenters. The van der Waals surface area contributed by atoms with Gasteiger partial charge in [0.2, 0.25) is 0 Å². The number of rotatable bonds is 7. The molecule has 0 bridgehead atoms. The molecule has 7 heteroatoms. The molecule has 0 aromatic heterocycles. The Bertz CT molecular complexity index is 791. The minimum Gasteiger partial charge on any atom is -0.493 e. The molecule has 6 nitrogen and oxygen atoms in total. The number of methoxy groups -OCH3 is 1.